The predicted molar refractivity (Wildman–Crippen MR) is 92.6 cm³/mol. The molecule has 0 aliphatic carbocycles. The van der Waals surface area contributed by atoms with Crippen molar-refractivity contribution >= 4 is 56.0 Å². The molecule has 0 bridgehead atoms. The van der Waals surface area contributed by atoms with Gasteiger partial charge in [0.2, 0.25) is 0 Å². The number of halogens is 1. The Morgan fingerprint density at radius 3 is 2.52 bits per heavy atom. The topological polar surface area (TPSA) is 56.0 Å². The standard InChI is InChI=1S/C14H10N2O2S2.BrH/c17-16(18)11-7-5-10(6-8-11)9-19-14-15-12-3-1-2-4-13(12)20-14;/h1-8H,9H2;1H. The van der Waals surface area contributed by atoms with Gasteiger partial charge in [0, 0.05) is 17.9 Å². The molecule has 0 saturated carbocycles. The summed E-state index contributed by atoms with van der Waals surface area (Å²) in [6.45, 7) is 0. The number of aromatic nitrogens is 1. The van der Waals surface area contributed by atoms with E-state index in [9.17, 15) is 10.1 Å². The van der Waals surface area contributed by atoms with E-state index in [0.717, 1.165) is 21.2 Å². The molecule has 0 spiro atoms. The fourth-order valence-electron chi connectivity index (χ4n) is 1.77. The van der Waals surface area contributed by atoms with Crippen LogP contribution in [0.25, 0.3) is 10.2 Å². The van der Waals surface area contributed by atoms with Crippen LogP contribution in [0, 0.1) is 10.1 Å². The minimum absolute atomic E-state index is 0. The monoisotopic (exact) mass is 382 g/mol. The van der Waals surface area contributed by atoms with Crippen molar-refractivity contribution in [3.63, 3.8) is 0 Å². The number of fused-ring (bicyclic) bond motifs is 1. The van der Waals surface area contributed by atoms with Crippen LogP contribution < -0.4 is 0 Å². The number of thioether (sulfide) groups is 1. The van der Waals surface area contributed by atoms with Crippen LogP contribution in [0.15, 0.2) is 52.9 Å². The van der Waals surface area contributed by atoms with E-state index in [-0.39, 0.29) is 27.6 Å². The molecule has 0 saturated heterocycles. The van der Waals surface area contributed by atoms with Gasteiger partial charge in [-0.1, -0.05) is 36.0 Å². The van der Waals surface area contributed by atoms with Gasteiger partial charge in [-0.15, -0.1) is 28.3 Å². The number of nitro benzene ring substituents is 1. The highest BCUT2D eigenvalue weighted by Gasteiger charge is 2.06. The summed E-state index contributed by atoms with van der Waals surface area (Å²) in [4.78, 5) is 14.7. The zero-order chi connectivity index (χ0) is 13.9. The Bertz CT molecular complexity index is 726. The van der Waals surface area contributed by atoms with E-state index < -0.39 is 0 Å². The average Bonchev–Trinajstić information content (AvgIpc) is 2.88. The molecule has 0 fully saturated rings. The Labute approximate surface area is 140 Å². The lowest BCUT2D eigenvalue weighted by Gasteiger charge is -1.98. The van der Waals surface area contributed by atoms with Gasteiger partial charge in [0.05, 0.1) is 15.1 Å². The molecule has 0 N–H and O–H groups in total. The zero-order valence-corrected chi connectivity index (χ0v) is 14.1. The SMILES string of the molecule is Br.O=[N+]([O-])c1ccc(CSc2nc3ccccc3s2)cc1. The molecule has 108 valence electrons. The first-order valence-electron chi connectivity index (χ1n) is 5.94. The Kier molecular flexibility index (Phi) is 5.33. The normalized spacial score (nSPS) is 10.3. The predicted octanol–water partition coefficient (Wildman–Crippen LogP) is 5.07. The molecule has 7 heteroatoms. The first kappa shape index (κ1) is 15.9. The van der Waals surface area contributed by atoms with Crippen LogP contribution in [0.4, 0.5) is 5.69 Å². The van der Waals surface area contributed by atoms with Gasteiger partial charge in [-0.25, -0.2) is 4.98 Å². The van der Waals surface area contributed by atoms with Crippen molar-refractivity contribution in [3.8, 4) is 0 Å². The molecule has 4 nitrogen and oxygen atoms in total. The van der Waals surface area contributed by atoms with Gasteiger partial charge in [0.1, 0.15) is 0 Å². The largest absolute Gasteiger partial charge is 0.269 e. The summed E-state index contributed by atoms with van der Waals surface area (Å²) < 4.78 is 2.20. The van der Waals surface area contributed by atoms with E-state index in [0.29, 0.717) is 0 Å². The summed E-state index contributed by atoms with van der Waals surface area (Å²) in [5.74, 6) is 0.762. The molecule has 0 atom stereocenters. The first-order chi connectivity index (χ1) is 9.72. The van der Waals surface area contributed by atoms with Crippen LogP contribution in [-0.4, -0.2) is 9.91 Å². The second-order valence-electron chi connectivity index (χ2n) is 4.16. The summed E-state index contributed by atoms with van der Waals surface area (Å²) in [6.07, 6.45) is 0. The number of hydrogen-bond donors (Lipinski definition) is 0. The smallest absolute Gasteiger partial charge is 0.258 e. The number of nitro groups is 1. The quantitative estimate of drug-likeness (QED) is 0.358. The molecule has 0 radical (unpaired) electrons. The third-order valence-electron chi connectivity index (χ3n) is 2.78. The van der Waals surface area contributed by atoms with Gasteiger partial charge in [0.15, 0.2) is 4.34 Å². The third kappa shape index (κ3) is 3.81. The number of rotatable bonds is 4. The number of benzene rings is 2. The van der Waals surface area contributed by atoms with Crippen LogP contribution in [0.5, 0.6) is 0 Å². The van der Waals surface area contributed by atoms with E-state index in [1.807, 2.05) is 18.2 Å². The lowest BCUT2D eigenvalue weighted by atomic mass is 10.2. The second-order valence-corrected chi connectivity index (χ2v) is 6.41. The van der Waals surface area contributed by atoms with Crippen LogP contribution in [0.2, 0.25) is 0 Å². The van der Waals surface area contributed by atoms with Gasteiger partial charge in [0.25, 0.3) is 5.69 Å². The van der Waals surface area contributed by atoms with Gasteiger partial charge < -0.3 is 0 Å². The molecule has 1 heterocycles. The number of non-ortho nitro benzene ring substituents is 1. The summed E-state index contributed by atoms with van der Waals surface area (Å²) in [7, 11) is 0. The van der Waals surface area contributed by atoms with Crippen molar-refractivity contribution in [1.82, 2.24) is 4.98 Å². The van der Waals surface area contributed by atoms with E-state index in [4.69, 9.17) is 0 Å². The number of hydrogen-bond acceptors (Lipinski definition) is 5. The summed E-state index contributed by atoms with van der Waals surface area (Å²) in [5, 5.41) is 10.6. The van der Waals surface area contributed by atoms with Crippen LogP contribution in [-0.2, 0) is 5.75 Å². The summed E-state index contributed by atoms with van der Waals surface area (Å²) in [6, 6.07) is 14.7. The first-order valence-corrected chi connectivity index (χ1v) is 7.74. The number of thiazole rings is 1. The van der Waals surface area contributed by atoms with Crippen LogP contribution in [0.3, 0.4) is 0 Å². The van der Waals surface area contributed by atoms with Crippen molar-refractivity contribution in [2.45, 2.75) is 10.1 Å². The summed E-state index contributed by atoms with van der Waals surface area (Å²) >= 11 is 3.32. The number of nitrogens with zero attached hydrogens (tertiary/aromatic N) is 2. The molecular weight excluding hydrogens is 372 g/mol. The van der Waals surface area contributed by atoms with E-state index >= 15 is 0 Å². The molecule has 1 aromatic heterocycles. The Morgan fingerprint density at radius 1 is 1.14 bits per heavy atom. The maximum absolute atomic E-state index is 10.6. The van der Waals surface area contributed by atoms with E-state index in [1.54, 1.807) is 35.2 Å². The van der Waals surface area contributed by atoms with Gasteiger partial charge in [-0.3, -0.25) is 10.1 Å². The zero-order valence-electron chi connectivity index (χ0n) is 10.8. The highest BCUT2D eigenvalue weighted by molar-refractivity contribution is 8.93. The van der Waals surface area contributed by atoms with Gasteiger partial charge in [-0.05, 0) is 17.7 Å². The fourth-order valence-corrected chi connectivity index (χ4v) is 3.80. The minimum Gasteiger partial charge on any atom is -0.258 e. The van der Waals surface area contributed by atoms with Crippen LogP contribution >= 0.6 is 40.1 Å². The molecule has 3 rings (SSSR count). The van der Waals surface area contributed by atoms with Crippen molar-refractivity contribution in [2.24, 2.45) is 0 Å². The van der Waals surface area contributed by atoms with Crippen LogP contribution in [0.1, 0.15) is 5.56 Å². The molecular formula is C14H11BrN2O2S2. The summed E-state index contributed by atoms with van der Waals surface area (Å²) in [5.41, 5.74) is 2.20. The maximum Gasteiger partial charge on any atom is 0.269 e. The van der Waals surface area contributed by atoms with Gasteiger partial charge >= 0.3 is 0 Å². The van der Waals surface area contributed by atoms with Crippen molar-refractivity contribution in [2.75, 3.05) is 0 Å². The van der Waals surface area contributed by atoms with Crippen molar-refractivity contribution < 1.29 is 4.92 Å². The second kappa shape index (κ2) is 7.02. The minimum atomic E-state index is -0.384. The highest BCUT2D eigenvalue weighted by atomic mass is 79.9. The molecule has 0 unspecified atom stereocenters. The van der Waals surface area contributed by atoms with Gasteiger partial charge in [-0.2, -0.15) is 0 Å². The van der Waals surface area contributed by atoms with E-state index in [2.05, 4.69) is 11.1 Å². The van der Waals surface area contributed by atoms with E-state index in [1.165, 1.54) is 16.8 Å². The Hall–Kier alpha value is -1.44. The fraction of sp³-hybridized carbons (Fsp3) is 0.0714. The lowest BCUT2D eigenvalue weighted by molar-refractivity contribution is -0.384. The molecule has 21 heavy (non-hydrogen) atoms. The molecule has 0 aliphatic heterocycles. The Balaban J connectivity index is 0.00000161. The maximum atomic E-state index is 10.6. The third-order valence-corrected chi connectivity index (χ3v) is 5.03. The molecule has 0 aliphatic rings. The lowest BCUT2D eigenvalue weighted by Crippen LogP contribution is -1.88. The molecule has 3 aromatic rings. The van der Waals surface area contributed by atoms with Crippen molar-refractivity contribution in [1.29, 1.82) is 0 Å². The number of para-hydroxylation sites is 1. The molecule has 0 amide bonds. The Morgan fingerprint density at radius 2 is 1.86 bits per heavy atom. The molecule has 2 aromatic carbocycles. The average molecular weight is 383 g/mol. The highest BCUT2D eigenvalue weighted by Crippen LogP contribution is 2.31. The van der Waals surface area contributed by atoms with Crippen molar-refractivity contribution in [3.05, 3.63) is 64.2 Å².